The maximum Gasteiger partial charge on any atom is 0.00127 e. The van der Waals surface area contributed by atoms with E-state index in [0.717, 1.165) is 0 Å². The van der Waals surface area contributed by atoms with Gasteiger partial charge >= 0.3 is 0 Å². The van der Waals surface area contributed by atoms with E-state index in [1.165, 1.54) is 44.4 Å². The van der Waals surface area contributed by atoms with E-state index in [2.05, 4.69) is 18.6 Å². The number of rotatable bonds is 4. The second-order valence-corrected chi connectivity index (χ2v) is 4.89. The molecule has 1 aliphatic carbocycles. The molecule has 1 nitrogen and oxygen atoms in total. The van der Waals surface area contributed by atoms with Crippen molar-refractivity contribution in [3.05, 3.63) is 0 Å². The van der Waals surface area contributed by atoms with Gasteiger partial charge in [-0.05, 0) is 37.3 Å². The maximum atomic E-state index is 3.35. The van der Waals surface area contributed by atoms with Crippen molar-refractivity contribution in [2.24, 2.45) is 5.41 Å². The van der Waals surface area contributed by atoms with Crippen molar-refractivity contribution in [3.8, 4) is 0 Å². The lowest BCUT2D eigenvalue weighted by atomic mass is 9.75. The lowest BCUT2D eigenvalue weighted by Crippen LogP contribution is -2.36. The van der Waals surface area contributed by atoms with Gasteiger partial charge in [0.05, 0.1) is 0 Å². The zero-order valence-corrected chi connectivity index (χ0v) is 9.17. The molecule has 72 valence electrons. The van der Waals surface area contributed by atoms with Crippen LogP contribution in [0, 0.1) is 5.41 Å². The van der Waals surface area contributed by atoms with Gasteiger partial charge in [0.25, 0.3) is 0 Å². The Labute approximate surface area is 80.7 Å². The van der Waals surface area contributed by atoms with Crippen LogP contribution in [-0.4, -0.2) is 25.6 Å². The summed E-state index contributed by atoms with van der Waals surface area (Å²) >= 11 is 2.01. The van der Waals surface area contributed by atoms with Gasteiger partial charge in [-0.2, -0.15) is 11.8 Å². The van der Waals surface area contributed by atoms with Crippen LogP contribution in [-0.2, 0) is 0 Å². The Hall–Kier alpha value is 0.310. The Bertz CT molecular complexity index is 103. The molecule has 0 aromatic heterocycles. The normalized spacial score (nSPS) is 22.5. The predicted octanol–water partition coefficient (Wildman–Crippen LogP) is 2.52. The lowest BCUT2D eigenvalue weighted by molar-refractivity contribution is 0.219. The van der Waals surface area contributed by atoms with Gasteiger partial charge in [-0.15, -0.1) is 0 Å². The predicted molar refractivity (Wildman–Crippen MR) is 57.8 cm³/mol. The number of hydrogen-bond donors (Lipinski definition) is 1. The van der Waals surface area contributed by atoms with Crippen LogP contribution < -0.4 is 5.32 Å². The third-order valence-corrected chi connectivity index (χ3v) is 3.82. The molecule has 0 radical (unpaired) electrons. The third kappa shape index (κ3) is 2.67. The van der Waals surface area contributed by atoms with Gasteiger partial charge in [-0.25, -0.2) is 0 Å². The molecule has 0 heterocycles. The van der Waals surface area contributed by atoms with Crippen molar-refractivity contribution >= 4 is 11.8 Å². The summed E-state index contributed by atoms with van der Waals surface area (Å²) in [5, 5.41) is 3.35. The Balaban J connectivity index is 2.44. The smallest absolute Gasteiger partial charge is 0.00127 e. The van der Waals surface area contributed by atoms with Crippen molar-refractivity contribution in [1.82, 2.24) is 5.32 Å². The van der Waals surface area contributed by atoms with Crippen LogP contribution in [0.3, 0.4) is 0 Å². The zero-order chi connectivity index (χ0) is 8.86. The minimum Gasteiger partial charge on any atom is -0.319 e. The molecular weight excluding hydrogens is 166 g/mol. The highest BCUT2D eigenvalue weighted by molar-refractivity contribution is 7.98. The van der Waals surface area contributed by atoms with Crippen molar-refractivity contribution in [1.29, 1.82) is 0 Å². The summed E-state index contributed by atoms with van der Waals surface area (Å²) in [5.41, 5.74) is 0.631. The molecule has 0 unspecified atom stereocenters. The summed E-state index contributed by atoms with van der Waals surface area (Å²) in [7, 11) is 2.08. The quantitative estimate of drug-likeness (QED) is 0.726. The van der Waals surface area contributed by atoms with Gasteiger partial charge in [0.1, 0.15) is 0 Å². The van der Waals surface area contributed by atoms with Gasteiger partial charge in [-0.3, -0.25) is 0 Å². The molecular formula is C10H21NS. The molecule has 1 saturated carbocycles. The molecule has 0 aromatic rings. The number of nitrogens with one attached hydrogen (secondary N) is 1. The van der Waals surface area contributed by atoms with E-state index in [-0.39, 0.29) is 0 Å². The molecule has 0 amide bonds. The molecule has 0 saturated heterocycles. The Kier molecular flexibility index (Phi) is 4.44. The summed E-state index contributed by atoms with van der Waals surface area (Å²) in [6.45, 7) is 1.22. The topological polar surface area (TPSA) is 12.0 Å². The monoisotopic (exact) mass is 187 g/mol. The Morgan fingerprint density at radius 1 is 1.25 bits per heavy atom. The molecule has 1 rings (SSSR count). The molecule has 12 heavy (non-hydrogen) atoms. The Morgan fingerprint density at radius 2 is 1.92 bits per heavy atom. The molecule has 1 fully saturated rings. The highest BCUT2D eigenvalue weighted by atomic mass is 32.2. The molecule has 2 heteroatoms. The van der Waals surface area contributed by atoms with E-state index in [0.29, 0.717) is 5.41 Å². The van der Waals surface area contributed by atoms with Crippen LogP contribution in [0.2, 0.25) is 0 Å². The van der Waals surface area contributed by atoms with Crippen LogP contribution in [0.4, 0.5) is 0 Å². The summed E-state index contributed by atoms with van der Waals surface area (Å²) in [6.07, 6.45) is 9.46. The molecule has 0 atom stereocenters. The van der Waals surface area contributed by atoms with Crippen LogP contribution in [0.1, 0.15) is 32.1 Å². The summed E-state index contributed by atoms with van der Waals surface area (Å²) < 4.78 is 0. The average Bonchev–Trinajstić information content (AvgIpc) is 2.07. The largest absolute Gasteiger partial charge is 0.319 e. The number of thioether (sulfide) groups is 1. The van der Waals surface area contributed by atoms with Gasteiger partial charge in [0, 0.05) is 6.54 Å². The molecule has 1 aliphatic rings. The highest BCUT2D eigenvalue weighted by Crippen LogP contribution is 2.37. The zero-order valence-electron chi connectivity index (χ0n) is 8.36. The molecule has 0 spiro atoms. The molecule has 0 aliphatic heterocycles. The van der Waals surface area contributed by atoms with Crippen molar-refractivity contribution in [2.75, 3.05) is 25.6 Å². The van der Waals surface area contributed by atoms with Gasteiger partial charge in [0.2, 0.25) is 0 Å². The fraction of sp³-hybridized carbons (Fsp3) is 1.00. The second-order valence-electron chi connectivity index (χ2n) is 4.02. The van der Waals surface area contributed by atoms with E-state index in [9.17, 15) is 0 Å². The van der Waals surface area contributed by atoms with E-state index in [4.69, 9.17) is 0 Å². The molecule has 1 N–H and O–H groups in total. The Morgan fingerprint density at radius 3 is 2.42 bits per heavy atom. The lowest BCUT2D eigenvalue weighted by Gasteiger charge is -2.36. The fourth-order valence-electron chi connectivity index (χ4n) is 2.36. The summed E-state index contributed by atoms with van der Waals surface area (Å²) in [6, 6.07) is 0. The summed E-state index contributed by atoms with van der Waals surface area (Å²) in [5.74, 6) is 1.34. The first kappa shape index (κ1) is 10.4. The van der Waals surface area contributed by atoms with Crippen LogP contribution in [0.5, 0.6) is 0 Å². The van der Waals surface area contributed by atoms with Crippen LogP contribution in [0.15, 0.2) is 0 Å². The molecule has 0 bridgehead atoms. The first-order valence-corrected chi connectivity index (χ1v) is 6.36. The summed E-state index contributed by atoms with van der Waals surface area (Å²) in [4.78, 5) is 0. The highest BCUT2D eigenvalue weighted by Gasteiger charge is 2.30. The fourth-order valence-corrected chi connectivity index (χ4v) is 3.36. The first-order chi connectivity index (χ1) is 5.83. The van der Waals surface area contributed by atoms with Crippen molar-refractivity contribution in [3.63, 3.8) is 0 Å². The van der Waals surface area contributed by atoms with Crippen molar-refractivity contribution in [2.45, 2.75) is 32.1 Å². The SMILES string of the molecule is CNCC1(CSC)CCCCC1. The standard InChI is InChI=1S/C10H21NS/c1-11-8-10(9-12-2)6-4-3-5-7-10/h11H,3-9H2,1-2H3. The average molecular weight is 187 g/mol. The van der Waals surface area contributed by atoms with Gasteiger partial charge in [-0.1, -0.05) is 19.3 Å². The van der Waals surface area contributed by atoms with Crippen molar-refractivity contribution < 1.29 is 0 Å². The van der Waals surface area contributed by atoms with Gasteiger partial charge in [0.15, 0.2) is 0 Å². The van der Waals surface area contributed by atoms with Crippen LogP contribution >= 0.6 is 11.8 Å². The van der Waals surface area contributed by atoms with Crippen LogP contribution in [0.25, 0.3) is 0 Å². The second kappa shape index (κ2) is 5.13. The van der Waals surface area contributed by atoms with E-state index >= 15 is 0 Å². The van der Waals surface area contributed by atoms with E-state index in [1.807, 2.05) is 11.8 Å². The minimum absolute atomic E-state index is 0.631. The minimum atomic E-state index is 0.631. The maximum absolute atomic E-state index is 3.35. The van der Waals surface area contributed by atoms with Gasteiger partial charge < -0.3 is 5.32 Å². The third-order valence-electron chi connectivity index (χ3n) is 2.92. The van der Waals surface area contributed by atoms with E-state index in [1.54, 1.807) is 0 Å². The first-order valence-electron chi connectivity index (χ1n) is 4.96. The molecule has 0 aromatic carbocycles. The van der Waals surface area contributed by atoms with E-state index < -0.39 is 0 Å². The number of hydrogen-bond acceptors (Lipinski definition) is 2.